The van der Waals surface area contributed by atoms with E-state index in [1.54, 1.807) is 17.7 Å². The molecule has 92 valence electrons. The maximum Gasteiger partial charge on any atom is 0.147 e. The van der Waals surface area contributed by atoms with Gasteiger partial charge in [-0.05, 0) is 17.9 Å². The molecule has 4 nitrogen and oxygen atoms in total. The molecular weight excluding hydrogens is 258 g/mol. The molecule has 0 atom stereocenters. The summed E-state index contributed by atoms with van der Waals surface area (Å²) in [5, 5.41) is 5.34. The molecule has 2 aromatic heterocycles. The molecule has 0 saturated heterocycles. The van der Waals surface area contributed by atoms with Gasteiger partial charge in [-0.2, -0.15) is 0 Å². The molecule has 0 aliphatic rings. The lowest BCUT2D eigenvalue weighted by molar-refractivity contribution is 0.160. The molecule has 0 unspecified atom stereocenters. The maximum atomic E-state index is 5.51. The maximum absolute atomic E-state index is 5.51. The fraction of sp³-hybridized carbons (Fsp3) is 0.455. The van der Waals surface area contributed by atoms with Crippen LogP contribution in [0.25, 0.3) is 10.2 Å². The highest BCUT2D eigenvalue weighted by atomic mass is 35.5. The number of halogens is 1. The van der Waals surface area contributed by atoms with Crippen molar-refractivity contribution in [2.45, 2.75) is 6.92 Å². The SMILES string of the molecule is Cc1csc2c(NCCOCCCl)ncnc12. The molecule has 0 aliphatic heterocycles. The van der Waals surface area contributed by atoms with Gasteiger partial charge in [-0.1, -0.05) is 0 Å². The van der Waals surface area contributed by atoms with Crippen LogP contribution in [0.2, 0.25) is 0 Å². The first-order chi connectivity index (χ1) is 8.33. The Balaban J connectivity index is 1.99. The van der Waals surface area contributed by atoms with Crippen molar-refractivity contribution < 1.29 is 4.74 Å². The summed E-state index contributed by atoms with van der Waals surface area (Å²) in [6.07, 6.45) is 1.59. The van der Waals surface area contributed by atoms with Crippen LogP contribution >= 0.6 is 22.9 Å². The van der Waals surface area contributed by atoms with Gasteiger partial charge in [-0.3, -0.25) is 0 Å². The summed E-state index contributed by atoms with van der Waals surface area (Å²) >= 11 is 7.17. The number of aromatic nitrogens is 2. The minimum Gasteiger partial charge on any atom is -0.378 e. The molecule has 2 heterocycles. The number of hydrogen-bond donors (Lipinski definition) is 1. The molecule has 0 saturated carbocycles. The molecule has 0 spiro atoms. The average molecular weight is 272 g/mol. The first-order valence-electron chi connectivity index (χ1n) is 5.39. The van der Waals surface area contributed by atoms with E-state index in [2.05, 4.69) is 27.6 Å². The Kier molecular flexibility index (Phi) is 4.53. The predicted molar refractivity (Wildman–Crippen MR) is 72.2 cm³/mol. The molecule has 0 amide bonds. The van der Waals surface area contributed by atoms with E-state index in [1.165, 1.54) is 5.56 Å². The first kappa shape index (κ1) is 12.5. The van der Waals surface area contributed by atoms with Crippen LogP contribution < -0.4 is 5.32 Å². The standard InChI is InChI=1S/C11H14ClN3OS/c1-8-6-17-10-9(8)14-7-15-11(10)13-3-5-16-4-2-12/h6-7H,2-5H2,1H3,(H,13,14,15). The summed E-state index contributed by atoms with van der Waals surface area (Å²) in [6.45, 7) is 3.99. The van der Waals surface area contributed by atoms with Crippen LogP contribution in [0.4, 0.5) is 5.82 Å². The minimum atomic E-state index is 0.530. The van der Waals surface area contributed by atoms with E-state index in [-0.39, 0.29) is 0 Å². The van der Waals surface area contributed by atoms with Crippen LogP contribution in [-0.2, 0) is 4.74 Å². The zero-order valence-corrected chi connectivity index (χ0v) is 11.1. The van der Waals surface area contributed by atoms with Gasteiger partial charge in [0.1, 0.15) is 12.1 Å². The lowest BCUT2D eigenvalue weighted by atomic mass is 10.3. The third-order valence-electron chi connectivity index (χ3n) is 2.29. The Labute approximate surface area is 109 Å². The third kappa shape index (κ3) is 3.06. The number of alkyl halides is 1. The molecule has 2 aromatic rings. The van der Waals surface area contributed by atoms with E-state index in [0.29, 0.717) is 19.1 Å². The highest BCUT2D eigenvalue weighted by Gasteiger charge is 2.06. The molecule has 0 fully saturated rings. The summed E-state index contributed by atoms with van der Waals surface area (Å²) in [7, 11) is 0. The Morgan fingerprint density at radius 2 is 2.29 bits per heavy atom. The summed E-state index contributed by atoms with van der Waals surface area (Å²) in [5.74, 6) is 1.41. The second-order valence-electron chi connectivity index (χ2n) is 3.55. The van der Waals surface area contributed by atoms with Crippen LogP contribution in [0, 0.1) is 6.92 Å². The Hall–Kier alpha value is -0.910. The number of thiophene rings is 1. The monoisotopic (exact) mass is 271 g/mol. The van der Waals surface area contributed by atoms with Crippen LogP contribution in [-0.4, -0.2) is 35.6 Å². The largest absolute Gasteiger partial charge is 0.378 e. The quantitative estimate of drug-likeness (QED) is 0.648. The third-order valence-corrected chi connectivity index (χ3v) is 3.54. The minimum absolute atomic E-state index is 0.530. The summed E-state index contributed by atoms with van der Waals surface area (Å²) in [6, 6.07) is 0. The number of anilines is 1. The van der Waals surface area contributed by atoms with E-state index in [4.69, 9.17) is 16.3 Å². The number of nitrogens with one attached hydrogen (secondary N) is 1. The average Bonchev–Trinajstić information content (AvgIpc) is 2.72. The van der Waals surface area contributed by atoms with Gasteiger partial charge in [0.15, 0.2) is 0 Å². The molecule has 0 aliphatic carbocycles. The van der Waals surface area contributed by atoms with Crippen molar-refractivity contribution in [2.75, 3.05) is 31.0 Å². The van der Waals surface area contributed by atoms with Gasteiger partial charge >= 0.3 is 0 Å². The number of ether oxygens (including phenoxy) is 1. The molecule has 2 rings (SSSR count). The smallest absolute Gasteiger partial charge is 0.147 e. The second kappa shape index (κ2) is 6.14. The van der Waals surface area contributed by atoms with Crippen molar-refractivity contribution in [1.82, 2.24) is 9.97 Å². The number of hydrogen-bond acceptors (Lipinski definition) is 5. The van der Waals surface area contributed by atoms with Crippen molar-refractivity contribution in [1.29, 1.82) is 0 Å². The zero-order valence-electron chi connectivity index (χ0n) is 9.57. The van der Waals surface area contributed by atoms with Gasteiger partial charge in [0.25, 0.3) is 0 Å². The van der Waals surface area contributed by atoms with E-state index in [1.807, 2.05) is 0 Å². The van der Waals surface area contributed by atoms with Gasteiger partial charge in [0.2, 0.25) is 0 Å². The molecule has 0 aromatic carbocycles. The topological polar surface area (TPSA) is 47.0 Å². The normalized spacial score (nSPS) is 10.9. The van der Waals surface area contributed by atoms with Crippen molar-refractivity contribution in [2.24, 2.45) is 0 Å². The van der Waals surface area contributed by atoms with Gasteiger partial charge in [-0.25, -0.2) is 9.97 Å². The molecule has 6 heteroatoms. The highest BCUT2D eigenvalue weighted by Crippen LogP contribution is 2.28. The van der Waals surface area contributed by atoms with Crippen molar-refractivity contribution in [3.63, 3.8) is 0 Å². The fourth-order valence-corrected chi connectivity index (χ4v) is 2.57. The van der Waals surface area contributed by atoms with Crippen molar-refractivity contribution >= 4 is 39.0 Å². The Morgan fingerprint density at radius 1 is 1.41 bits per heavy atom. The second-order valence-corrected chi connectivity index (χ2v) is 4.80. The molecule has 0 bridgehead atoms. The van der Waals surface area contributed by atoms with Gasteiger partial charge in [0, 0.05) is 12.4 Å². The van der Waals surface area contributed by atoms with Crippen molar-refractivity contribution in [3.8, 4) is 0 Å². The predicted octanol–water partition coefficient (Wildman–Crippen LogP) is 2.67. The summed E-state index contributed by atoms with van der Waals surface area (Å²) in [4.78, 5) is 8.51. The molecule has 1 N–H and O–H groups in total. The number of nitrogens with zero attached hydrogens (tertiary/aromatic N) is 2. The van der Waals surface area contributed by atoms with Crippen LogP contribution in [0.3, 0.4) is 0 Å². The van der Waals surface area contributed by atoms with Gasteiger partial charge in [-0.15, -0.1) is 22.9 Å². The van der Waals surface area contributed by atoms with Crippen LogP contribution in [0.5, 0.6) is 0 Å². The number of rotatable bonds is 6. The van der Waals surface area contributed by atoms with E-state index < -0.39 is 0 Å². The Morgan fingerprint density at radius 3 is 3.12 bits per heavy atom. The van der Waals surface area contributed by atoms with Crippen LogP contribution in [0.1, 0.15) is 5.56 Å². The summed E-state index contributed by atoms with van der Waals surface area (Å²) in [5.41, 5.74) is 2.21. The van der Waals surface area contributed by atoms with Gasteiger partial charge < -0.3 is 10.1 Å². The van der Waals surface area contributed by atoms with Gasteiger partial charge in [0.05, 0.1) is 23.4 Å². The molecule has 0 radical (unpaired) electrons. The molecular formula is C11H14ClN3OS. The van der Waals surface area contributed by atoms with E-state index in [0.717, 1.165) is 22.6 Å². The molecule has 17 heavy (non-hydrogen) atoms. The lowest BCUT2D eigenvalue weighted by Crippen LogP contribution is -2.11. The Bertz CT molecular complexity index is 489. The van der Waals surface area contributed by atoms with E-state index >= 15 is 0 Å². The number of aryl methyl sites for hydroxylation is 1. The zero-order chi connectivity index (χ0) is 12.1. The first-order valence-corrected chi connectivity index (χ1v) is 6.80. The highest BCUT2D eigenvalue weighted by molar-refractivity contribution is 7.18. The van der Waals surface area contributed by atoms with E-state index in [9.17, 15) is 0 Å². The van der Waals surface area contributed by atoms with Crippen LogP contribution in [0.15, 0.2) is 11.7 Å². The van der Waals surface area contributed by atoms with Crippen molar-refractivity contribution in [3.05, 3.63) is 17.3 Å². The lowest BCUT2D eigenvalue weighted by Gasteiger charge is -2.06. The number of fused-ring (bicyclic) bond motifs is 1. The fourth-order valence-electron chi connectivity index (χ4n) is 1.49. The summed E-state index contributed by atoms with van der Waals surface area (Å²) < 4.78 is 6.39.